The van der Waals surface area contributed by atoms with E-state index < -0.39 is 0 Å². The topological polar surface area (TPSA) is 34.9 Å². The number of hydrogen-bond donors (Lipinski definition) is 0. The summed E-state index contributed by atoms with van der Waals surface area (Å²) in [5, 5.41) is 4.46. The number of carbonyl (C=O) groups excluding carboxylic acids is 1. The van der Waals surface area contributed by atoms with E-state index in [0.717, 1.165) is 34.5 Å². The van der Waals surface area contributed by atoms with Gasteiger partial charge in [-0.05, 0) is 38.8 Å². The highest BCUT2D eigenvalue weighted by Crippen LogP contribution is 2.22. The van der Waals surface area contributed by atoms with Crippen molar-refractivity contribution in [3.63, 3.8) is 0 Å². The molecule has 2 rings (SSSR count). The number of carbonyl (C=O) groups is 1. The van der Waals surface area contributed by atoms with Gasteiger partial charge in [0.2, 0.25) is 0 Å². The van der Waals surface area contributed by atoms with Gasteiger partial charge >= 0.3 is 0 Å². The van der Waals surface area contributed by atoms with E-state index in [1.54, 1.807) is 0 Å². The molecule has 2 aromatic rings. The van der Waals surface area contributed by atoms with Crippen LogP contribution >= 0.6 is 0 Å². The molecule has 0 fully saturated rings. The minimum atomic E-state index is 0.688. The summed E-state index contributed by atoms with van der Waals surface area (Å²) in [5.74, 6) is 0. The highest BCUT2D eigenvalue weighted by Gasteiger charge is 2.14. The molecule has 17 heavy (non-hydrogen) atoms. The molecule has 0 atom stereocenters. The molecule has 0 N–H and O–H groups in total. The van der Waals surface area contributed by atoms with Gasteiger partial charge in [0.15, 0.2) is 6.29 Å². The van der Waals surface area contributed by atoms with Gasteiger partial charge in [-0.2, -0.15) is 5.10 Å². The molecule has 1 heterocycles. The monoisotopic (exact) mass is 228 g/mol. The van der Waals surface area contributed by atoms with Crippen LogP contribution in [-0.2, 0) is 0 Å². The lowest BCUT2D eigenvalue weighted by atomic mass is 10.1. The molecule has 88 valence electrons. The van der Waals surface area contributed by atoms with E-state index >= 15 is 0 Å². The average Bonchev–Trinajstić information content (AvgIpc) is 2.54. The van der Waals surface area contributed by atoms with Crippen molar-refractivity contribution in [2.24, 2.45) is 0 Å². The van der Waals surface area contributed by atoms with Gasteiger partial charge in [-0.25, -0.2) is 4.68 Å². The molecule has 0 saturated heterocycles. The minimum absolute atomic E-state index is 0.688. The smallest absolute Gasteiger partial charge is 0.153 e. The average molecular weight is 228 g/mol. The number of aromatic nitrogens is 2. The summed E-state index contributed by atoms with van der Waals surface area (Å²) < 4.78 is 1.86. The van der Waals surface area contributed by atoms with Gasteiger partial charge in [-0.15, -0.1) is 0 Å². The normalized spacial score (nSPS) is 10.6. The van der Waals surface area contributed by atoms with Crippen molar-refractivity contribution in [2.75, 3.05) is 0 Å². The largest absolute Gasteiger partial charge is 0.298 e. The van der Waals surface area contributed by atoms with E-state index in [-0.39, 0.29) is 0 Å². The van der Waals surface area contributed by atoms with Crippen LogP contribution in [0.5, 0.6) is 0 Å². The predicted octanol–water partition coefficient (Wildman–Crippen LogP) is 2.92. The summed E-state index contributed by atoms with van der Waals surface area (Å²) in [5.41, 5.74) is 5.75. The summed E-state index contributed by atoms with van der Waals surface area (Å²) in [7, 11) is 0. The Morgan fingerprint density at radius 2 is 1.71 bits per heavy atom. The Kier molecular flexibility index (Phi) is 2.84. The van der Waals surface area contributed by atoms with Crippen molar-refractivity contribution in [2.45, 2.75) is 27.7 Å². The summed E-state index contributed by atoms with van der Waals surface area (Å²) in [6.07, 6.45) is 0.877. The maximum atomic E-state index is 11.0. The van der Waals surface area contributed by atoms with Crippen molar-refractivity contribution < 1.29 is 4.79 Å². The number of rotatable bonds is 2. The third-order valence-corrected chi connectivity index (χ3v) is 3.12. The third kappa shape index (κ3) is 1.78. The van der Waals surface area contributed by atoms with Crippen LogP contribution in [0.2, 0.25) is 0 Å². The lowest BCUT2D eigenvalue weighted by Gasteiger charge is -2.11. The fourth-order valence-corrected chi connectivity index (χ4v) is 2.18. The Hall–Kier alpha value is -1.90. The van der Waals surface area contributed by atoms with Crippen LogP contribution in [-0.4, -0.2) is 16.1 Å². The van der Waals surface area contributed by atoms with Crippen molar-refractivity contribution in [1.29, 1.82) is 0 Å². The van der Waals surface area contributed by atoms with E-state index in [0.29, 0.717) is 5.56 Å². The van der Waals surface area contributed by atoms with Gasteiger partial charge in [-0.3, -0.25) is 4.79 Å². The first-order chi connectivity index (χ1) is 8.06. The highest BCUT2D eigenvalue weighted by molar-refractivity contribution is 5.78. The molecule has 3 heteroatoms. The molecule has 0 aliphatic heterocycles. The summed E-state index contributed by atoms with van der Waals surface area (Å²) in [6.45, 7) is 7.90. The van der Waals surface area contributed by atoms with E-state index in [1.165, 1.54) is 0 Å². The standard InChI is InChI=1S/C14H16N2O/c1-9-6-5-7-10(2)14(9)16-12(4)13(8-17)11(3)15-16/h5-8H,1-4H3. The summed E-state index contributed by atoms with van der Waals surface area (Å²) >= 11 is 0. The van der Waals surface area contributed by atoms with Crippen LogP contribution in [0.25, 0.3) is 5.69 Å². The molecule has 0 saturated carbocycles. The van der Waals surface area contributed by atoms with Crippen molar-refractivity contribution in [3.8, 4) is 5.69 Å². The second-order valence-corrected chi connectivity index (χ2v) is 4.35. The van der Waals surface area contributed by atoms with Gasteiger partial charge in [-0.1, -0.05) is 18.2 Å². The van der Waals surface area contributed by atoms with Crippen LogP contribution in [0.1, 0.15) is 32.9 Å². The van der Waals surface area contributed by atoms with E-state index in [1.807, 2.05) is 24.6 Å². The Morgan fingerprint density at radius 3 is 2.18 bits per heavy atom. The van der Waals surface area contributed by atoms with Crippen LogP contribution in [0.4, 0.5) is 0 Å². The fourth-order valence-electron chi connectivity index (χ4n) is 2.18. The molecular formula is C14H16N2O. The minimum Gasteiger partial charge on any atom is -0.298 e. The second-order valence-electron chi connectivity index (χ2n) is 4.35. The Balaban J connectivity index is 2.73. The number of para-hydroxylation sites is 1. The zero-order valence-corrected chi connectivity index (χ0v) is 10.6. The van der Waals surface area contributed by atoms with Crippen molar-refractivity contribution in [1.82, 2.24) is 9.78 Å². The first kappa shape index (κ1) is 11.6. The van der Waals surface area contributed by atoms with Gasteiger partial charge in [0.25, 0.3) is 0 Å². The molecule has 0 aliphatic carbocycles. The van der Waals surface area contributed by atoms with Crippen LogP contribution < -0.4 is 0 Å². The first-order valence-corrected chi connectivity index (χ1v) is 5.64. The number of aryl methyl sites for hydroxylation is 3. The fraction of sp³-hybridized carbons (Fsp3) is 0.286. The number of benzene rings is 1. The molecule has 0 aliphatic rings. The van der Waals surface area contributed by atoms with Crippen LogP contribution in [0, 0.1) is 27.7 Å². The Labute approximate surface area is 101 Å². The molecule has 0 bridgehead atoms. The number of hydrogen-bond acceptors (Lipinski definition) is 2. The van der Waals surface area contributed by atoms with Crippen molar-refractivity contribution >= 4 is 6.29 Å². The zero-order valence-electron chi connectivity index (χ0n) is 10.6. The Bertz CT molecular complexity index is 562. The summed E-state index contributed by atoms with van der Waals surface area (Å²) in [4.78, 5) is 11.0. The molecule has 0 spiro atoms. The second kappa shape index (κ2) is 4.17. The quantitative estimate of drug-likeness (QED) is 0.741. The highest BCUT2D eigenvalue weighted by atomic mass is 16.1. The SMILES string of the molecule is Cc1cccc(C)c1-n1nc(C)c(C=O)c1C. The lowest BCUT2D eigenvalue weighted by molar-refractivity contribution is 0.112. The summed E-state index contributed by atoms with van der Waals surface area (Å²) in [6, 6.07) is 6.14. The number of nitrogens with zero attached hydrogens (tertiary/aromatic N) is 2. The van der Waals surface area contributed by atoms with E-state index in [4.69, 9.17) is 0 Å². The van der Waals surface area contributed by atoms with Crippen molar-refractivity contribution in [3.05, 3.63) is 46.3 Å². The van der Waals surface area contributed by atoms with E-state index in [9.17, 15) is 4.79 Å². The third-order valence-electron chi connectivity index (χ3n) is 3.12. The molecule has 1 aromatic carbocycles. The predicted molar refractivity (Wildman–Crippen MR) is 67.9 cm³/mol. The van der Waals surface area contributed by atoms with Gasteiger partial charge in [0.05, 0.1) is 22.6 Å². The molecular weight excluding hydrogens is 212 g/mol. The van der Waals surface area contributed by atoms with Crippen LogP contribution in [0.3, 0.4) is 0 Å². The first-order valence-electron chi connectivity index (χ1n) is 5.64. The van der Waals surface area contributed by atoms with Gasteiger partial charge < -0.3 is 0 Å². The Morgan fingerprint density at radius 1 is 1.12 bits per heavy atom. The number of aldehydes is 1. The maximum Gasteiger partial charge on any atom is 0.153 e. The molecule has 0 unspecified atom stereocenters. The maximum absolute atomic E-state index is 11.0. The zero-order chi connectivity index (χ0) is 12.6. The molecule has 1 aromatic heterocycles. The molecule has 3 nitrogen and oxygen atoms in total. The van der Waals surface area contributed by atoms with Gasteiger partial charge in [0, 0.05) is 0 Å². The molecule has 0 amide bonds. The van der Waals surface area contributed by atoms with Gasteiger partial charge in [0.1, 0.15) is 0 Å². The van der Waals surface area contributed by atoms with Crippen LogP contribution in [0.15, 0.2) is 18.2 Å². The lowest BCUT2D eigenvalue weighted by Crippen LogP contribution is -2.04. The molecule has 0 radical (unpaired) electrons. The van der Waals surface area contributed by atoms with E-state index in [2.05, 4.69) is 31.1 Å².